The zero-order valence-electron chi connectivity index (χ0n) is 6.52. The number of nitrogens with zero attached hydrogens (tertiary/aromatic N) is 2. The molecule has 0 spiro atoms. The number of thiophene rings is 1. The Morgan fingerprint density at radius 1 is 1.46 bits per heavy atom. The second kappa shape index (κ2) is 2.20. The third-order valence-corrected chi connectivity index (χ3v) is 2.83. The highest BCUT2D eigenvalue weighted by Crippen LogP contribution is 2.20. The minimum atomic E-state index is -0.185. The van der Waals surface area contributed by atoms with Gasteiger partial charge in [-0.25, -0.2) is 4.79 Å². The molecule has 0 atom stereocenters. The molecule has 1 N–H and O–H groups in total. The van der Waals surface area contributed by atoms with Crippen molar-refractivity contribution in [2.45, 2.75) is 0 Å². The summed E-state index contributed by atoms with van der Waals surface area (Å²) in [6.45, 7) is 0. The molecule has 0 radical (unpaired) electrons. The van der Waals surface area contributed by atoms with Crippen molar-refractivity contribution >= 4 is 27.1 Å². The number of rotatable bonds is 0. The van der Waals surface area contributed by atoms with Gasteiger partial charge in [-0.1, -0.05) is 0 Å². The molecule has 0 fully saturated rings. The predicted octanol–water partition coefficient (Wildman–Crippen LogP) is 1.24. The monoisotopic (exact) mass is 191 g/mol. The molecular weight excluding hydrogens is 186 g/mol. The van der Waals surface area contributed by atoms with Crippen LogP contribution < -0.4 is 5.69 Å². The van der Waals surface area contributed by atoms with Crippen LogP contribution in [0.2, 0.25) is 0 Å². The van der Waals surface area contributed by atoms with E-state index in [0.29, 0.717) is 0 Å². The van der Waals surface area contributed by atoms with E-state index in [1.54, 1.807) is 6.20 Å². The van der Waals surface area contributed by atoms with Crippen molar-refractivity contribution in [1.29, 1.82) is 0 Å². The Morgan fingerprint density at radius 3 is 3.31 bits per heavy atom. The molecule has 0 unspecified atom stereocenters. The van der Waals surface area contributed by atoms with E-state index in [0.717, 1.165) is 15.7 Å². The van der Waals surface area contributed by atoms with Gasteiger partial charge in [0.05, 0.1) is 11.7 Å². The number of H-pyrrole nitrogens is 1. The molecule has 0 aromatic carbocycles. The molecule has 3 aromatic rings. The highest BCUT2D eigenvalue weighted by molar-refractivity contribution is 7.16. The van der Waals surface area contributed by atoms with Gasteiger partial charge in [0.1, 0.15) is 4.83 Å². The van der Waals surface area contributed by atoms with Crippen LogP contribution in [-0.4, -0.2) is 14.6 Å². The summed E-state index contributed by atoms with van der Waals surface area (Å²) in [5.41, 5.74) is 0.676. The van der Waals surface area contributed by atoms with E-state index >= 15 is 0 Å². The summed E-state index contributed by atoms with van der Waals surface area (Å²) in [7, 11) is 0. The molecule has 0 aliphatic carbocycles. The number of hydrogen-bond donors (Lipinski definition) is 1. The van der Waals surface area contributed by atoms with E-state index in [1.807, 2.05) is 17.5 Å². The maximum absolute atomic E-state index is 11.4. The maximum atomic E-state index is 11.4. The molecular formula is C8H5N3OS. The first-order chi connectivity index (χ1) is 6.36. The van der Waals surface area contributed by atoms with Crippen LogP contribution in [0, 0.1) is 0 Å². The van der Waals surface area contributed by atoms with Gasteiger partial charge in [0, 0.05) is 5.39 Å². The number of aromatic nitrogens is 3. The third-order valence-electron chi connectivity index (χ3n) is 2.00. The van der Waals surface area contributed by atoms with Crippen LogP contribution in [0.1, 0.15) is 0 Å². The maximum Gasteiger partial charge on any atom is 0.347 e. The van der Waals surface area contributed by atoms with Gasteiger partial charge in [0.25, 0.3) is 0 Å². The summed E-state index contributed by atoms with van der Waals surface area (Å²) in [4.78, 5) is 15.1. The summed E-state index contributed by atoms with van der Waals surface area (Å²) in [5, 5.41) is 6.92. The fourth-order valence-electron chi connectivity index (χ4n) is 1.43. The van der Waals surface area contributed by atoms with Crippen molar-refractivity contribution in [3.8, 4) is 0 Å². The largest absolute Gasteiger partial charge is 0.347 e. The van der Waals surface area contributed by atoms with Gasteiger partial charge in [-0.05, 0) is 17.5 Å². The average Bonchev–Trinajstić information content (AvgIpc) is 2.66. The van der Waals surface area contributed by atoms with Gasteiger partial charge in [-0.15, -0.1) is 11.3 Å². The zero-order valence-corrected chi connectivity index (χ0v) is 7.34. The first kappa shape index (κ1) is 6.85. The van der Waals surface area contributed by atoms with Crippen molar-refractivity contribution in [2.24, 2.45) is 0 Å². The van der Waals surface area contributed by atoms with E-state index in [1.165, 1.54) is 15.9 Å². The molecule has 13 heavy (non-hydrogen) atoms. The lowest BCUT2D eigenvalue weighted by atomic mass is 10.3. The van der Waals surface area contributed by atoms with Crippen LogP contribution in [0.15, 0.2) is 28.5 Å². The van der Waals surface area contributed by atoms with Crippen LogP contribution in [-0.2, 0) is 0 Å². The highest BCUT2D eigenvalue weighted by Gasteiger charge is 2.04. The number of nitrogens with one attached hydrogen (secondary N) is 1. The minimum absolute atomic E-state index is 0.185. The number of aromatic amines is 1. The summed E-state index contributed by atoms with van der Waals surface area (Å²) < 4.78 is 1.37. The predicted molar refractivity (Wildman–Crippen MR) is 51.2 cm³/mol. The minimum Gasteiger partial charge on any atom is -0.297 e. The summed E-state index contributed by atoms with van der Waals surface area (Å²) in [5.74, 6) is 0. The lowest BCUT2D eigenvalue weighted by Crippen LogP contribution is -2.16. The van der Waals surface area contributed by atoms with E-state index in [2.05, 4.69) is 10.1 Å². The second-order valence-corrected chi connectivity index (χ2v) is 3.64. The van der Waals surface area contributed by atoms with Crippen LogP contribution in [0.4, 0.5) is 0 Å². The van der Waals surface area contributed by atoms with Crippen LogP contribution in [0.3, 0.4) is 0 Å². The molecule has 0 saturated heterocycles. The molecule has 0 bridgehead atoms. The van der Waals surface area contributed by atoms with Crippen molar-refractivity contribution in [3.05, 3.63) is 34.2 Å². The Labute approximate surface area is 76.4 Å². The quantitative estimate of drug-likeness (QED) is 0.581. The standard InChI is InChI=1S/C8H5N3OS/c12-8-10-7-5(2-4-13-7)6-1-3-9-11(6)8/h1-4H,(H,10,12). The van der Waals surface area contributed by atoms with E-state index in [-0.39, 0.29) is 5.69 Å². The van der Waals surface area contributed by atoms with Gasteiger partial charge in [0.15, 0.2) is 0 Å². The molecule has 0 aliphatic rings. The van der Waals surface area contributed by atoms with Gasteiger partial charge in [-0.2, -0.15) is 9.61 Å². The lowest BCUT2D eigenvalue weighted by Gasteiger charge is -1.92. The summed E-state index contributed by atoms with van der Waals surface area (Å²) in [6.07, 6.45) is 1.63. The molecule has 0 aliphatic heterocycles. The Morgan fingerprint density at radius 2 is 2.38 bits per heavy atom. The van der Waals surface area contributed by atoms with E-state index in [9.17, 15) is 4.79 Å². The highest BCUT2D eigenvalue weighted by atomic mass is 32.1. The first-order valence-corrected chi connectivity index (χ1v) is 4.67. The molecule has 3 rings (SSSR count). The van der Waals surface area contributed by atoms with Crippen molar-refractivity contribution in [2.75, 3.05) is 0 Å². The molecule has 0 amide bonds. The van der Waals surface area contributed by atoms with Crippen molar-refractivity contribution in [1.82, 2.24) is 14.6 Å². The van der Waals surface area contributed by atoms with Crippen LogP contribution >= 0.6 is 11.3 Å². The third kappa shape index (κ3) is 0.790. The fourth-order valence-corrected chi connectivity index (χ4v) is 2.21. The summed E-state index contributed by atoms with van der Waals surface area (Å²) in [6, 6.07) is 3.82. The Bertz CT molecular complexity index is 633. The fraction of sp³-hybridized carbons (Fsp3) is 0. The lowest BCUT2D eigenvalue weighted by molar-refractivity contribution is 0.883. The number of fused-ring (bicyclic) bond motifs is 3. The van der Waals surface area contributed by atoms with E-state index < -0.39 is 0 Å². The van der Waals surface area contributed by atoms with Crippen LogP contribution in [0.25, 0.3) is 15.7 Å². The van der Waals surface area contributed by atoms with E-state index in [4.69, 9.17) is 0 Å². The normalized spacial score (nSPS) is 11.4. The Hall–Kier alpha value is -1.62. The molecule has 3 aromatic heterocycles. The van der Waals surface area contributed by atoms with Crippen molar-refractivity contribution < 1.29 is 0 Å². The second-order valence-electron chi connectivity index (χ2n) is 2.72. The molecule has 0 saturated carbocycles. The van der Waals surface area contributed by atoms with Gasteiger partial charge in [0.2, 0.25) is 0 Å². The number of hydrogen-bond acceptors (Lipinski definition) is 3. The Balaban J connectivity index is 2.79. The van der Waals surface area contributed by atoms with Gasteiger partial charge < -0.3 is 0 Å². The van der Waals surface area contributed by atoms with Crippen LogP contribution in [0.5, 0.6) is 0 Å². The van der Waals surface area contributed by atoms with Crippen molar-refractivity contribution in [3.63, 3.8) is 0 Å². The summed E-state index contributed by atoms with van der Waals surface area (Å²) >= 11 is 1.52. The Kier molecular flexibility index (Phi) is 1.16. The molecule has 5 heteroatoms. The average molecular weight is 191 g/mol. The first-order valence-electron chi connectivity index (χ1n) is 3.79. The zero-order chi connectivity index (χ0) is 8.84. The SMILES string of the molecule is O=c1[nH]c2sccc2c2ccnn12. The van der Waals surface area contributed by atoms with Gasteiger partial charge in [-0.3, -0.25) is 4.98 Å². The molecule has 4 nitrogen and oxygen atoms in total. The molecule has 3 heterocycles. The molecule has 64 valence electrons. The smallest absolute Gasteiger partial charge is 0.297 e. The van der Waals surface area contributed by atoms with Gasteiger partial charge >= 0.3 is 5.69 Å². The topological polar surface area (TPSA) is 50.2 Å².